The fourth-order valence-electron chi connectivity index (χ4n) is 4.09. The van der Waals surface area contributed by atoms with E-state index in [-0.39, 0.29) is 7.12 Å². The van der Waals surface area contributed by atoms with E-state index >= 15 is 0 Å². The molecule has 0 saturated heterocycles. The average molecular weight is 418 g/mol. The van der Waals surface area contributed by atoms with Crippen LogP contribution >= 0.6 is 11.3 Å². The van der Waals surface area contributed by atoms with Crippen LogP contribution in [0, 0.1) is 0 Å². The number of hydrogen-bond acceptors (Lipinski definition) is 3. The maximum Gasteiger partial charge on any atom is 0.495 e. The molecule has 0 radical (unpaired) electrons. The molecule has 0 unspecified atom stereocenters. The van der Waals surface area contributed by atoms with Crippen LogP contribution in [0.2, 0.25) is 0 Å². The second kappa shape index (κ2) is 10.4. The topological polar surface area (TPSA) is 18.5 Å². The Morgan fingerprint density at radius 3 is 2.10 bits per heavy atom. The van der Waals surface area contributed by atoms with Crippen LogP contribution in [-0.4, -0.2) is 20.3 Å². The summed E-state index contributed by atoms with van der Waals surface area (Å²) in [5.74, 6) is 0. The second-order valence-electron chi connectivity index (χ2n) is 7.98. The van der Waals surface area contributed by atoms with Gasteiger partial charge in [0.1, 0.15) is 0 Å². The van der Waals surface area contributed by atoms with E-state index in [2.05, 4.69) is 68.4 Å². The molecular formula is C26H31BO2S. The number of rotatable bonds is 11. The van der Waals surface area contributed by atoms with Gasteiger partial charge < -0.3 is 9.31 Å². The number of fused-ring (bicyclic) bond motifs is 5. The van der Waals surface area contributed by atoms with Crippen molar-refractivity contribution in [1.82, 2.24) is 0 Å². The summed E-state index contributed by atoms with van der Waals surface area (Å²) < 4.78 is 15.3. The summed E-state index contributed by atoms with van der Waals surface area (Å²) in [7, 11) is -0.307. The monoisotopic (exact) mass is 418 g/mol. The molecule has 4 heteroatoms. The Labute approximate surface area is 184 Å². The molecule has 0 fully saturated rings. The minimum absolute atomic E-state index is 0.307. The smallest absolute Gasteiger partial charge is 0.407 e. The SMILES string of the molecule is CCCCCOB(OCCCCC)c1cc2ccccc2c2c1sc1ccccc12. The molecule has 156 valence electrons. The maximum absolute atomic E-state index is 6.35. The van der Waals surface area contributed by atoms with Crippen molar-refractivity contribution in [2.75, 3.05) is 13.2 Å². The molecule has 1 heterocycles. The van der Waals surface area contributed by atoms with E-state index in [9.17, 15) is 0 Å². The summed E-state index contributed by atoms with van der Waals surface area (Å²) in [6, 6.07) is 19.7. The van der Waals surface area contributed by atoms with Crippen molar-refractivity contribution in [2.24, 2.45) is 0 Å². The zero-order valence-corrected chi connectivity index (χ0v) is 19.0. The van der Waals surface area contributed by atoms with Gasteiger partial charge in [-0.3, -0.25) is 0 Å². The summed E-state index contributed by atoms with van der Waals surface area (Å²) in [6.45, 7) is 5.93. The molecule has 30 heavy (non-hydrogen) atoms. The van der Waals surface area contributed by atoms with Crippen LogP contribution in [0.25, 0.3) is 30.9 Å². The molecule has 0 saturated carbocycles. The lowest BCUT2D eigenvalue weighted by Crippen LogP contribution is -2.38. The van der Waals surface area contributed by atoms with Gasteiger partial charge in [0.05, 0.1) is 0 Å². The molecule has 0 spiro atoms. The molecule has 0 atom stereocenters. The molecular weight excluding hydrogens is 387 g/mol. The quantitative estimate of drug-likeness (QED) is 0.188. The van der Waals surface area contributed by atoms with Crippen molar-refractivity contribution in [3.8, 4) is 0 Å². The van der Waals surface area contributed by atoms with Crippen LogP contribution in [-0.2, 0) is 9.31 Å². The van der Waals surface area contributed by atoms with Gasteiger partial charge in [-0.15, -0.1) is 11.3 Å². The summed E-state index contributed by atoms with van der Waals surface area (Å²) in [4.78, 5) is 0. The van der Waals surface area contributed by atoms with Crippen LogP contribution < -0.4 is 5.46 Å². The third-order valence-electron chi connectivity index (χ3n) is 5.69. The van der Waals surface area contributed by atoms with Gasteiger partial charge in [0.15, 0.2) is 0 Å². The number of thiophene rings is 1. The number of unbranched alkanes of at least 4 members (excludes halogenated alkanes) is 4. The van der Waals surface area contributed by atoms with Crippen LogP contribution in [0.5, 0.6) is 0 Å². The van der Waals surface area contributed by atoms with Crippen LogP contribution in [0.1, 0.15) is 52.4 Å². The van der Waals surface area contributed by atoms with E-state index in [4.69, 9.17) is 9.31 Å². The number of hydrogen-bond donors (Lipinski definition) is 0. The normalized spacial score (nSPS) is 11.7. The Morgan fingerprint density at radius 2 is 1.40 bits per heavy atom. The Hall–Kier alpha value is -1.88. The Bertz CT molecular complexity index is 1090. The van der Waals surface area contributed by atoms with Crippen molar-refractivity contribution in [3.63, 3.8) is 0 Å². The van der Waals surface area contributed by atoms with Crippen molar-refractivity contribution >= 4 is 54.9 Å². The first kappa shape index (κ1) is 21.4. The standard InChI is InChI=1S/C26H31BO2S/c1-3-5-11-17-28-27(29-18-12-6-4-2)23-19-20-13-7-8-14-21(20)25-22-15-9-10-16-24(22)30-26(23)25/h7-10,13-16,19H,3-6,11-12,17-18H2,1-2H3. The molecule has 1 aromatic heterocycles. The van der Waals surface area contributed by atoms with E-state index in [1.54, 1.807) is 0 Å². The van der Waals surface area contributed by atoms with Gasteiger partial charge in [-0.2, -0.15) is 0 Å². The molecule has 2 nitrogen and oxygen atoms in total. The van der Waals surface area contributed by atoms with Gasteiger partial charge in [0.2, 0.25) is 0 Å². The summed E-state index contributed by atoms with van der Waals surface area (Å²) in [5, 5.41) is 5.22. The van der Waals surface area contributed by atoms with E-state index in [1.165, 1.54) is 62.1 Å². The van der Waals surface area contributed by atoms with Gasteiger partial charge >= 0.3 is 7.12 Å². The minimum atomic E-state index is -0.307. The third kappa shape index (κ3) is 4.56. The average Bonchev–Trinajstić information content (AvgIpc) is 3.17. The maximum atomic E-state index is 6.35. The van der Waals surface area contributed by atoms with Gasteiger partial charge in [0, 0.05) is 38.8 Å². The zero-order chi connectivity index (χ0) is 20.8. The lowest BCUT2D eigenvalue weighted by molar-refractivity contribution is 0.200. The molecule has 0 bridgehead atoms. The van der Waals surface area contributed by atoms with Gasteiger partial charge in [-0.25, -0.2) is 0 Å². The molecule has 0 aliphatic heterocycles. The molecule has 0 amide bonds. The first-order valence-corrected chi connectivity index (χ1v) is 12.2. The minimum Gasteiger partial charge on any atom is -0.407 e. The molecule has 4 aromatic rings. The molecule has 0 aliphatic carbocycles. The molecule has 0 N–H and O–H groups in total. The number of benzene rings is 3. The van der Waals surface area contributed by atoms with E-state index < -0.39 is 0 Å². The van der Waals surface area contributed by atoms with Gasteiger partial charge in [0.25, 0.3) is 0 Å². The highest BCUT2D eigenvalue weighted by Gasteiger charge is 2.26. The zero-order valence-electron chi connectivity index (χ0n) is 18.2. The lowest BCUT2D eigenvalue weighted by Gasteiger charge is -2.17. The largest absolute Gasteiger partial charge is 0.495 e. The first-order chi connectivity index (χ1) is 14.8. The van der Waals surface area contributed by atoms with E-state index in [0.717, 1.165) is 26.1 Å². The summed E-state index contributed by atoms with van der Waals surface area (Å²) in [6.07, 6.45) is 6.93. The van der Waals surface area contributed by atoms with Crippen molar-refractivity contribution in [2.45, 2.75) is 52.4 Å². The van der Waals surface area contributed by atoms with Gasteiger partial charge in [-0.05, 0) is 29.7 Å². The Kier molecular flexibility index (Phi) is 7.43. The predicted molar refractivity (Wildman–Crippen MR) is 133 cm³/mol. The highest BCUT2D eigenvalue weighted by atomic mass is 32.1. The van der Waals surface area contributed by atoms with Crippen molar-refractivity contribution in [1.29, 1.82) is 0 Å². The summed E-state index contributed by atoms with van der Waals surface area (Å²) in [5.41, 5.74) is 1.18. The van der Waals surface area contributed by atoms with Crippen LogP contribution in [0.15, 0.2) is 54.6 Å². The van der Waals surface area contributed by atoms with Crippen molar-refractivity contribution < 1.29 is 9.31 Å². The molecule has 0 aliphatic rings. The van der Waals surface area contributed by atoms with Crippen molar-refractivity contribution in [3.05, 3.63) is 54.6 Å². The van der Waals surface area contributed by atoms with E-state index in [1.807, 2.05) is 11.3 Å². The van der Waals surface area contributed by atoms with Crippen LogP contribution in [0.4, 0.5) is 0 Å². The lowest BCUT2D eigenvalue weighted by atomic mass is 9.76. The highest BCUT2D eigenvalue weighted by Crippen LogP contribution is 2.37. The Morgan fingerprint density at radius 1 is 0.767 bits per heavy atom. The summed E-state index contributed by atoms with van der Waals surface area (Å²) >= 11 is 1.86. The van der Waals surface area contributed by atoms with Crippen LogP contribution in [0.3, 0.4) is 0 Å². The second-order valence-corrected chi connectivity index (χ2v) is 9.03. The molecule has 3 aromatic carbocycles. The predicted octanol–water partition coefficient (Wildman–Crippen LogP) is 7.32. The Balaban J connectivity index is 1.79. The third-order valence-corrected chi connectivity index (χ3v) is 6.91. The first-order valence-electron chi connectivity index (χ1n) is 11.4. The van der Waals surface area contributed by atoms with Gasteiger partial charge in [-0.1, -0.05) is 88.1 Å². The van der Waals surface area contributed by atoms with E-state index in [0.29, 0.717) is 0 Å². The fourth-order valence-corrected chi connectivity index (χ4v) is 5.33. The molecule has 4 rings (SSSR count). The fraction of sp³-hybridized carbons (Fsp3) is 0.385. The highest BCUT2D eigenvalue weighted by molar-refractivity contribution is 7.27.